The summed E-state index contributed by atoms with van der Waals surface area (Å²) in [6.45, 7) is 0. The fraction of sp³-hybridized carbons (Fsp3) is 0.0294. The fourth-order valence-electron chi connectivity index (χ4n) is 12.7. The first-order valence-electron chi connectivity index (χ1n) is 24.7. The van der Waals surface area contributed by atoms with Crippen LogP contribution >= 0.6 is 0 Å². The van der Waals surface area contributed by atoms with Gasteiger partial charge in [-0.3, -0.25) is 0 Å². The zero-order chi connectivity index (χ0) is 47.7. The quantitative estimate of drug-likeness (QED) is 0.149. The van der Waals surface area contributed by atoms with Crippen molar-refractivity contribution in [3.05, 3.63) is 288 Å². The van der Waals surface area contributed by atoms with Crippen molar-refractivity contribution in [2.75, 3.05) is 0 Å². The fourth-order valence-corrected chi connectivity index (χ4v) is 12.7. The molecule has 72 heavy (non-hydrogen) atoms. The van der Waals surface area contributed by atoms with Crippen molar-refractivity contribution in [3.8, 4) is 22.3 Å². The van der Waals surface area contributed by atoms with E-state index in [4.69, 9.17) is 0 Å². The first-order valence-corrected chi connectivity index (χ1v) is 24.7. The van der Waals surface area contributed by atoms with Crippen LogP contribution in [-0.4, -0.2) is 19.0 Å². The summed E-state index contributed by atoms with van der Waals surface area (Å²) < 4.78 is 4.95. The highest BCUT2D eigenvalue weighted by Gasteiger charge is 2.38. The van der Waals surface area contributed by atoms with E-state index in [1.807, 2.05) is 133 Å². The number of rotatable bonds is 8. The molecular formula is C68H44N2O2. The zero-order valence-corrected chi connectivity index (χ0v) is 39.0. The Bertz CT molecular complexity index is 4200. The molecule has 0 saturated heterocycles. The second kappa shape index (κ2) is 15.2. The van der Waals surface area contributed by atoms with E-state index in [-0.39, 0.29) is 0 Å². The largest absolute Gasteiger partial charge is 0.376 e. The molecule has 0 atom stereocenters. The van der Waals surface area contributed by atoms with E-state index in [1.54, 1.807) is 0 Å². The van der Waals surface area contributed by atoms with Gasteiger partial charge in [0.2, 0.25) is 0 Å². The first-order chi connectivity index (χ1) is 35.5. The van der Waals surface area contributed by atoms with Crippen LogP contribution in [0.15, 0.2) is 255 Å². The molecule has 0 unspecified atom stereocenters. The Morgan fingerprint density at radius 1 is 0.250 bits per heavy atom. The van der Waals surface area contributed by atoms with Gasteiger partial charge in [-0.1, -0.05) is 231 Å². The van der Waals surface area contributed by atoms with Gasteiger partial charge in [0, 0.05) is 54.2 Å². The van der Waals surface area contributed by atoms with Gasteiger partial charge in [0.1, 0.15) is 11.2 Å². The van der Waals surface area contributed by atoms with Gasteiger partial charge in [0.05, 0.1) is 33.1 Å². The maximum Gasteiger partial charge on any atom is 0.141 e. The Hall–Kier alpha value is -9.06. The molecule has 2 N–H and O–H groups in total. The summed E-state index contributed by atoms with van der Waals surface area (Å²) in [6.07, 6.45) is 0. The molecule has 0 amide bonds. The Labute approximate surface area is 414 Å². The molecular weight excluding hydrogens is 877 g/mol. The summed E-state index contributed by atoms with van der Waals surface area (Å²) in [5.41, 5.74) is 13.1. The average molecular weight is 921 g/mol. The highest BCUT2D eigenvalue weighted by Crippen LogP contribution is 2.51. The van der Waals surface area contributed by atoms with Crippen LogP contribution in [0.2, 0.25) is 0 Å². The third-order valence-corrected chi connectivity index (χ3v) is 15.8. The van der Waals surface area contributed by atoms with Crippen molar-refractivity contribution in [2.45, 2.75) is 11.2 Å². The van der Waals surface area contributed by atoms with Gasteiger partial charge in [-0.15, -0.1) is 0 Å². The Kier molecular flexibility index (Phi) is 8.62. The van der Waals surface area contributed by atoms with Crippen LogP contribution in [0.5, 0.6) is 0 Å². The van der Waals surface area contributed by atoms with Gasteiger partial charge in [0.15, 0.2) is 0 Å². The minimum absolute atomic E-state index is 0.814. The summed E-state index contributed by atoms with van der Waals surface area (Å²) in [5.74, 6) is 0. The van der Waals surface area contributed by atoms with E-state index in [0.29, 0.717) is 0 Å². The third kappa shape index (κ3) is 5.42. The summed E-state index contributed by atoms with van der Waals surface area (Å²) in [5, 5.41) is 35.9. The lowest BCUT2D eigenvalue weighted by Gasteiger charge is -2.32. The summed E-state index contributed by atoms with van der Waals surface area (Å²) >= 11 is 0. The highest BCUT2D eigenvalue weighted by atomic mass is 16.3. The molecule has 4 heterocycles. The van der Waals surface area contributed by atoms with Gasteiger partial charge < -0.3 is 19.0 Å². The molecule has 0 aliphatic carbocycles. The number of fused-ring (bicyclic) bond motifs is 12. The van der Waals surface area contributed by atoms with Crippen LogP contribution in [0.1, 0.15) is 33.4 Å². The SMILES string of the molecule is OC(c1ccccc1)(c1ccccc1)c1ccccc1-c1ccc2c3cc4c(cc3n3c5ccccc5c1c23)c1ccc(-c2ccccc2C(O)(c2ccccc2)c2ccccc2)c2c3ccccc3n4c12. The van der Waals surface area contributed by atoms with E-state index in [0.717, 1.165) is 77.7 Å². The van der Waals surface area contributed by atoms with Crippen LogP contribution in [0.4, 0.5) is 0 Å². The summed E-state index contributed by atoms with van der Waals surface area (Å²) in [4.78, 5) is 0. The number of hydrogen-bond donors (Lipinski definition) is 2. The molecule has 4 aromatic heterocycles. The molecule has 338 valence electrons. The van der Waals surface area contributed by atoms with Crippen molar-refractivity contribution in [1.29, 1.82) is 0 Å². The average Bonchev–Trinajstić information content (AvgIpc) is 4.19. The molecule has 15 rings (SSSR count). The van der Waals surface area contributed by atoms with Crippen molar-refractivity contribution in [2.24, 2.45) is 0 Å². The predicted molar refractivity (Wildman–Crippen MR) is 297 cm³/mol. The van der Waals surface area contributed by atoms with Crippen molar-refractivity contribution in [1.82, 2.24) is 8.80 Å². The molecule has 4 nitrogen and oxygen atoms in total. The first kappa shape index (κ1) is 40.8. The smallest absolute Gasteiger partial charge is 0.141 e. The number of para-hydroxylation sites is 2. The van der Waals surface area contributed by atoms with Crippen molar-refractivity contribution >= 4 is 76.2 Å². The number of aliphatic hydroxyl groups is 2. The van der Waals surface area contributed by atoms with E-state index >= 15 is 0 Å². The summed E-state index contributed by atoms with van der Waals surface area (Å²) in [6, 6.07) is 88.5. The van der Waals surface area contributed by atoms with Crippen molar-refractivity contribution in [3.63, 3.8) is 0 Å². The molecule has 0 fully saturated rings. The van der Waals surface area contributed by atoms with Crippen LogP contribution in [0.3, 0.4) is 0 Å². The number of nitrogens with zero attached hydrogens (tertiary/aromatic N) is 2. The molecule has 0 saturated carbocycles. The monoisotopic (exact) mass is 920 g/mol. The van der Waals surface area contributed by atoms with Gasteiger partial charge >= 0.3 is 0 Å². The zero-order valence-electron chi connectivity index (χ0n) is 39.0. The predicted octanol–water partition coefficient (Wildman–Crippen LogP) is 15.9. The van der Waals surface area contributed by atoms with E-state index in [1.165, 1.54) is 54.1 Å². The minimum atomic E-state index is -1.42. The molecule has 0 spiro atoms. The van der Waals surface area contributed by atoms with E-state index in [2.05, 4.69) is 130 Å². The Balaban J connectivity index is 0.995. The third-order valence-electron chi connectivity index (χ3n) is 15.8. The maximum atomic E-state index is 13.3. The normalized spacial score (nSPS) is 12.6. The number of benzene rings is 11. The second-order valence-corrected chi connectivity index (χ2v) is 19.3. The lowest BCUT2D eigenvalue weighted by Crippen LogP contribution is -2.29. The lowest BCUT2D eigenvalue weighted by molar-refractivity contribution is 0.126. The molecule has 15 aromatic rings. The second-order valence-electron chi connectivity index (χ2n) is 19.3. The van der Waals surface area contributed by atoms with Crippen molar-refractivity contribution < 1.29 is 10.2 Å². The van der Waals surface area contributed by atoms with Crippen LogP contribution in [0.25, 0.3) is 98.4 Å². The standard InChI is InChI=1S/C68H44N2O2/c71-67(43-21-5-1-6-22-43,44-23-7-2-8-24-44)57-33-17-13-29-47(57)49-37-39-51-55-41-62-56(42-61(55)69-59-35-19-15-31-53(59)63(49)65(51)69)52-40-38-50(64-54-32-16-20-36-60(54)70(62)66(52)64)48-30-14-18-34-58(48)68(72,45-25-9-3-10-26-45)46-27-11-4-12-28-46/h1-42,71-72H. The van der Waals surface area contributed by atoms with Crippen LogP contribution in [-0.2, 0) is 11.2 Å². The minimum Gasteiger partial charge on any atom is -0.376 e. The molecule has 0 bridgehead atoms. The van der Waals surface area contributed by atoms with Crippen LogP contribution < -0.4 is 0 Å². The van der Waals surface area contributed by atoms with E-state index in [9.17, 15) is 10.2 Å². The van der Waals surface area contributed by atoms with Gasteiger partial charge in [-0.2, -0.15) is 0 Å². The van der Waals surface area contributed by atoms with Crippen LogP contribution in [0, 0.1) is 0 Å². The van der Waals surface area contributed by atoms with Gasteiger partial charge in [-0.25, -0.2) is 0 Å². The Morgan fingerprint density at radius 2 is 0.569 bits per heavy atom. The molecule has 0 radical (unpaired) electrons. The van der Waals surface area contributed by atoms with E-state index < -0.39 is 11.2 Å². The topological polar surface area (TPSA) is 49.3 Å². The highest BCUT2D eigenvalue weighted by molar-refractivity contribution is 6.32. The Morgan fingerprint density at radius 3 is 0.944 bits per heavy atom. The maximum absolute atomic E-state index is 13.3. The number of aromatic nitrogens is 2. The van der Waals surface area contributed by atoms with Gasteiger partial charge in [-0.05, 0) is 68.8 Å². The summed E-state index contributed by atoms with van der Waals surface area (Å²) in [7, 11) is 0. The molecule has 4 heteroatoms. The lowest BCUT2D eigenvalue weighted by atomic mass is 9.77. The van der Waals surface area contributed by atoms with Gasteiger partial charge in [0.25, 0.3) is 0 Å². The molecule has 11 aromatic carbocycles. The number of hydrogen-bond acceptors (Lipinski definition) is 2. The molecule has 0 aliphatic rings. The molecule has 0 aliphatic heterocycles.